The van der Waals surface area contributed by atoms with Gasteiger partial charge in [-0.25, -0.2) is 13.2 Å². The van der Waals surface area contributed by atoms with Crippen LogP contribution in [0.4, 0.5) is 0 Å². The van der Waals surface area contributed by atoms with E-state index in [0.29, 0.717) is 28.7 Å². The molecule has 0 unspecified atom stereocenters. The maximum absolute atomic E-state index is 13.1. The summed E-state index contributed by atoms with van der Waals surface area (Å²) < 4.78 is 40.6. The predicted octanol–water partition coefficient (Wildman–Crippen LogP) is 2.95. The first kappa shape index (κ1) is 24.1. The molecular weight excluding hydrogens is 460 g/mol. The summed E-state index contributed by atoms with van der Waals surface area (Å²) in [7, 11) is -3.38. The van der Waals surface area contributed by atoms with Crippen molar-refractivity contribution in [1.29, 1.82) is 0 Å². The fourth-order valence-corrected chi connectivity index (χ4v) is 4.87. The lowest BCUT2D eigenvalue weighted by molar-refractivity contribution is -0.194. The van der Waals surface area contributed by atoms with Crippen molar-refractivity contribution in [2.75, 3.05) is 26.3 Å². The fourth-order valence-electron chi connectivity index (χ4n) is 4.24. The fraction of sp³-hybridized carbons (Fsp3) is 0.360. The topological polar surface area (TPSA) is 116 Å². The molecule has 180 valence electrons. The molecule has 4 rings (SSSR count). The maximum atomic E-state index is 13.1. The molecule has 2 aromatic rings. The molecule has 1 saturated heterocycles. The summed E-state index contributed by atoms with van der Waals surface area (Å²) in [6.45, 7) is 3.62. The minimum absolute atomic E-state index is 0.0863. The molecule has 1 fully saturated rings. The number of carbonyl (C=O) groups excluding carboxylic acids is 1. The van der Waals surface area contributed by atoms with Crippen LogP contribution in [0.1, 0.15) is 30.5 Å². The maximum Gasteiger partial charge on any atom is 0.340 e. The third-order valence-corrected chi connectivity index (χ3v) is 7.20. The summed E-state index contributed by atoms with van der Waals surface area (Å²) in [5.41, 5.74) is 0.870. The smallest absolute Gasteiger partial charge is 0.340 e. The van der Waals surface area contributed by atoms with Gasteiger partial charge in [-0.2, -0.15) is 0 Å². The van der Waals surface area contributed by atoms with Crippen molar-refractivity contribution in [3.63, 3.8) is 0 Å². The molecule has 34 heavy (non-hydrogen) atoms. The molecule has 0 amide bonds. The van der Waals surface area contributed by atoms with Crippen molar-refractivity contribution < 1.29 is 37.3 Å². The van der Waals surface area contributed by atoms with Crippen LogP contribution in [0.25, 0.3) is 11.1 Å². The van der Waals surface area contributed by atoms with Gasteiger partial charge in [0.2, 0.25) is 0 Å². The SMILES string of the molecule is CC(C)(Cc1ccc(C2=C(c3ccc(S(C)(=O)=O)cc3)C3(COCOC3)OC2=O)cc1)C(=O)O. The monoisotopic (exact) mass is 486 g/mol. The number of carboxylic acid groups (broad SMARTS) is 1. The molecule has 8 nitrogen and oxygen atoms in total. The van der Waals surface area contributed by atoms with E-state index in [1.54, 1.807) is 50.2 Å². The summed E-state index contributed by atoms with van der Waals surface area (Å²) in [5, 5.41) is 9.41. The lowest BCUT2D eigenvalue weighted by Gasteiger charge is -2.34. The summed E-state index contributed by atoms with van der Waals surface area (Å²) in [4.78, 5) is 24.7. The Bertz CT molecular complexity index is 1250. The highest BCUT2D eigenvalue weighted by Gasteiger charge is 2.50. The Morgan fingerprint density at radius 1 is 1.00 bits per heavy atom. The van der Waals surface area contributed by atoms with Crippen LogP contribution >= 0.6 is 0 Å². The zero-order valence-electron chi connectivity index (χ0n) is 19.2. The van der Waals surface area contributed by atoms with Gasteiger partial charge in [0.1, 0.15) is 6.79 Å². The van der Waals surface area contributed by atoms with E-state index in [4.69, 9.17) is 14.2 Å². The second-order valence-corrected chi connectivity index (χ2v) is 11.3. The number of carboxylic acids is 1. The summed E-state index contributed by atoms with van der Waals surface area (Å²) in [5.74, 6) is -1.42. The van der Waals surface area contributed by atoms with Crippen LogP contribution in [0.5, 0.6) is 0 Å². The van der Waals surface area contributed by atoms with E-state index < -0.39 is 32.8 Å². The number of carbonyl (C=O) groups is 2. The average Bonchev–Trinajstić information content (AvgIpc) is 3.05. The van der Waals surface area contributed by atoms with E-state index >= 15 is 0 Å². The van der Waals surface area contributed by atoms with E-state index in [2.05, 4.69) is 0 Å². The molecule has 2 aromatic carbocycles. The minimum atomic E-state index is -3.38. The van der Waals surface area contributed by atoms with E-state index in [1.165, 1.54) is 12.1 Å². The molecular formula is C25H26O8S. The van der Waals surface area contributed by atoms with Crippen molar-refractivity contribution in [1.82, 2.24) is 0 Å². The molecule has 0 bridgehead atoms. The van der Waals surface area contributed by atoms with Gasteiger partial charge in [-0.15, -0.1) is 0 Å². The van der Waals surface area contributed by atoms with Crippen molar-refractivity contribution in [2.45, 2.75) is 30.8 Å². The molecule has 2 aliphatic heterocycles. The first-order valence-corrected chi connectivity index (χ1v) is 12.6. The molecule has 0 atom stereocenters. The number of hydrogen-bond donors (Lipinski definition) is 1. The van der Waals surface area contributed by atoms with Gasteiger partial charge in [-0.05, 0) is 49.1 Å². The third-order valence-electron chi connectivity index (χ3n) is 6.07. The van der Waals surface area contributed by atoms with E-state index in [-0.39, 0.29) is 24.9 Å². The van der Waals surface area contributed by atoms with Crippen LogP contribution in [-0.4, -0.2) is 57.3 Å². The Labute approximate surface area is 198 Å². The summed E-state index contributed by atoms with van der Waals surface area (Å²) >= 11 is 0. The number of hydrogen-bond acceptors (Lipinski definition) is 7. The molecule has 0 saturated carbocycles. The Morgan fingerprint density at radius 2 is 1.56 bits per heavy atom. The quantitative estimate of drug-likeness (QED) is 0.620. The predicted molar refractivity (Wildman–Crippen MR) is 124 cm³/mol. The summed E-state index contributed by atoms with van der Waals surface area (Å²) in [6.07, 6.45) is 1.46. The number of rotatable bonds is 6. The number of aliphatic carboxylic acids is 1. The zero-order valence-corrected chi connectivity index (χ0v) is 20.0. The van der Waals surface area contributed by atoms with Gasteiger partial charge in [-0.1, -0.05) is 36.4 Å². The van der Waals surface area contributed by atoms with Crippen molar-refractivity contribution >= 4 is 32.9 Å². The molecule has 0 aliphatic carbocycles. The van der Waals surface area contributed by atoms with Crippen molar-refractivity contribution in [3.05, 3.63) is 65.2 Å². The van der Waals surface area contributed by atoms with Gasteiger partial charge in [0.25, 0.3) is 0 Å². The molecule has 0 radical (unpaired) electrons. The molecule has 9 heteroatoms. The Balaban J connectivity index is 1.80. The van der Waals surface area contributed by atoms with E-state index in [1.807, 2.05) is 0 Å². The highest BCUT2D eigenvalue weighted by molar-refractivity contribution is 7.90. The van der Waals surface area contributed by atoms with Gasteiger partial charge in [0.05, 0.1) is 29.1 Å². The van der Waals surface area contributed by atoms with Crippen LogP contribution in [0.3, 0.4) is 0 Å². The molecule has 1 N–H and O–H groups in total. The standard InChI is InChI=1S/C25H26O8S/c1-24(2,23(27)28)12-16-4-6-17(7-5-16)20-21(18-8-10-19(11-9-18)34(3,29)30)25(33-22(20)26)13-31-15-32-14-25/h4-11H,12-15H2,1-3H3,(H,27,28). The lowest BCUT2D eigenvalue weighted by atomic mass is 9.83. The van der Waals surface area contributed by atoms with Crippen LogP contribution in [0, 0.1) is 5.41 Å². The average molecular weight is 487 g/mol. The zero-order chi connectivity index (χ0) is 24.7. The lowest BCUT2D eigenvalue weighted by Crippen LogP contribution is -2.45. The van der Waals surface area contributed by atoms with Gasteiger partial charge in [0, 0.05) is 11.8 Å². The van der Waals surface area contributed by atoms with Crippen LogP contribution in [0.15, 0.2) is 53.4 Å². The number of esters is 1. The highest BCUT2D eigenvalue weighted by Crippen LogP contribution is 2.45. The van der Waals surface area contributed by atoms with E-state index in [9.17, 15) is 23.1 Å². The first-order chi connectivity index (χ1) is 15.9. The Kier molecular flexibility index (Phi) is 6.14. The van der Waals surface area contributed by atoms with E-state index in [0.717, 1.165) is 11.8 Å². The van der Waals surface area contributed by atoms with Crippen molar-refractivity contribution in [2.24, 2.45) is 5.41 Å². The number of sulfone groups is 1. The van der Waals surface area contributed by atoms with Gasteiger partial charge < -0.3 is 19.3 Å². The molecule has 2 heterocycles. The Morgan fingerprint density at radius 3 is 2.09 bits per heavy atom. The van der Waals surface area contributed by atoms with Gasteiger partial charge in [0.15, 0.2) is 15.4 Å². The molecule has 1 spiro atoms. The molecule has 2 aliphatic rings. The first-order valence-electron chi connectivity index (χ1n) is 10.7. The van der Waals surface area contributed by atoms with Gasteiger partial charge >= 0.3 is 11.9 Å². The van der Waals surface area contributed by atoms with Gasteiger partial charge in [-0.3, -0.25) is 4.79 Å². The second-order valence-electron chi connectivity index (χ2n) is 9.31. The van der Waals surface area contributed by atoms with Crippen molar-refractivity contribution in [3.8, 4) is 0 Å². The minimum Gasteiger partial charge on any atom is -0.481 e. The summed E-state index contributed by atoms with van der Waals surface area (Å²) in [6, 6.07) is 13.4. The largest absolute Gasteiger partial charge is 0.481 e. The second kappa shape index (κ2) is 8.65. The third kappa shape index (κ3) is 4.51. The molecule has 0 aromatic heterocycles. The number of ether oxygens (including phenoxy) is 3. The normalized spacial score (nSPS) is 18.3. The van der Waals surface area contributed by atoms with Crippen LogP contribution in [0.2, 0.25) is 0 Å². The number of benzene rings is 2. The Hall–Kier alpha value is -3.01. The highest BCUT2D eigenvalue weighted by atomic mass is 32.2. The van der Waals surface area contributed by atoms with Crippen LogP contribution < -0.4 is 0 Å². The van der Waals surface area contributed by atoms with Crippen LogP contribution in [-0.2, 0) is 40.1 Å².